The normalized spacial score (nSPS) is 11.8. The maximum atomic E-state index is 11.4. The van der Waals surface area contributed by atoms with Gasteiger partial charge >= 0.3 is 0 Å². The van der Waals surface area contributed by atoms with Gasteiger partial charge in [-0.3, -0.25) is 4.68 Å². The number of nitrogens with one attached hydrogen (secondary N) is 1. The Kier molecular flexibility index (Phi) is 8.65. The number of nitrogens with zero attached hydrogens (tertiary/aromatic N) is 5. The van der Waals surface area contributed by atoms with Gasteiger partial charge in [0.2, 0.25) is 0 Å². The molecule has 1 N–H and O–H groups in total. The molecule has 0 saturated heterocycles. The topological polar surface area (TPSA) is 111 Å². The van der Waals surface area contributed by atoms with Crippen LogP contribution in [0.3, 0.4) is 0 Å². The molecule has 214 valence electrons. The van der Waals surface area contributed by atoms with Crippen LogP contribution >= 0.6 is 0 Å². The van der Waals surface area contributed by atoms with E-state index < -0.39 is 9.84 Å². The Labute approximate surface area is 239 Å². The minimum atomic E-state index is -2.98. The minimum absolute atomic E-state index is 0.144. The summed E-state index contributed by atoms with van der Waals surface area (Å²) in [5.74, 6) is 1.97. The third kappa shape index (κ3) is 7.30. The van der Waals surface area contributed by atoms with Crippen LogP contribution in [0.15, 0.2) is 73.2 Å². The molecule has 0 amide bonds. The fourth-order valence-corrected chi connectivity index (χ4v) is 5.21. The van der Waals surface area contributed by atoms with Crippen molar-refractivity contribution in [3.63, 3.8) is 0 Å². The fraction of sp³-hybridized carbons (Fsp3) is 0.300. The molecule has 0 bridgehead atoms. The highest BCUT2D eigenvalue weighted by molar-refractivity contribution is 7.90. The van der Waals surface area contributed by atoms with E-state index in [9.17, 15) is 8.42 Å². The standard InChI is InChI=1S/C30H34N6O4S/c1-35(13-15-41(3,37)38)12-7-14-40-29-18-26-25(17-28(29)39-2)30(32-21-31-26)34-24-10-11-27-23(16-24)19-33-36(27)20-22-8-5-4-6-9-22/h4-6,8-11,16-19,21H,7,12-15,20H2,1-3H3,(H,31,32,34). The van der Waals surface area contributed by atoms with Crippen LogP contribution in [0, 0.1) is 0 Å². The van der Waals surface area contributed by atoms with Crippen LogP contribution in [0.25, 0.3) is 21.8 Å². The molecule has 10 nitrogen and oxygen atoms in total. The maximum Gasteiger partial charge on any atom is 0.163 e. The summed E-state index contributed by atoms with van der Waals surface area (Å²) in [6, 6.07) is 20.1. The second kappa shape index (κ2) is 12.5. The molecule has 0 aliphatic rings. The van der Waals surface area contributed by atoms with E-state index in [4.69, 9.17) is 9.47 Å². The summed E-state index contributed by atoms with van der Waals surface area (Å²) in [5.41, 5.74) is 3.86. The highest BCUT2D eigenvalue weighted by atomic mass is 32.2. The van der Waals surface area contributed by atoms with Gasteiger partial charge in [-0.25, -0.2) is 18.4 Å². The number of fused-ring (bicyclic) bond motifs is 2. The predicted octanol–water partition coefficient (Wildman–Crippen LogP) is 4.53. The molecule has 0 atom stereocenters. The van der Waals surface area contributed by atoms with Gasteiger partial charge in [0.15, 0.2) is 11.5 Å². The Bertz CT molecular complexity index is 1740. The van der Waals surface area contributed by atoms with E-state index in [-0.39, 0.29) is 5.75 Å². The van der Waals surface area contributed by atoms with E-state index >= 15 is 0 Å². The Morgan fingerprint density at radius 2 is 1.83 bits per heavy atom. The number of rotatable bonds is 13. The van der Waals surface area contributed by atoms with Gasteiger partial charge in [0, 0.05) is 41.9 Å². The molecule has 0 saturated carbocycles. The molecule has 0 aliphatic carbocycles. The van der Waals surface area contributed by atoms with E-state index in [2.05, 4.69) is 44.6 Å². The lowest BCUT2D eigenvalue weighted by Gasteiger charge is -2.17. The van der Waals surface area contributed by atoms with Crippen LogP contribution < -0.4 is 14.8 Å². The third-order valence-corrected chi connectivity index (χ3v) is 7.71. The SMILES string of the molecule is COc1cc2c(Nc3ccc4c(cnn4Cc4ccccc4)c3)ncnc2cc1OCCCN(C)CCS(C)(=O)=O. The van der Waals surface area contributed by atoms with Gasteiger partial charge in [-0.15, -0.1) is 0 Å². The first kappa shape index (κ1) is 28.3. The summed E-state index contributed by atoms with van der Waals surface area (Å²) in [6.07, 6.45) is 5.38. The van der Waals surface area contributed by atoms with Gasteiger partial charge in [-0.05, 0) is 43.3 Å². The van der Waals surface area contributed by atoms with Crippen LogP contribution in [-0.4, -0.2) is 78.9 Å². The molecule has 41 heavy (non-hydrogen) atoms. The zero-order valence-electron chi connectivity index (χ0n) is 23.4. The molecule has 0 spiro atoms. The van der Waals surface area contributed by atoms with Crippen molar-refractivity contribution in [2.75, 3.05) is 51.2 Å². The molecule has 0 unspecified atom stereocenters. The van der Waals surface area contributed by atoms with Gasteiger partial charge in [0.05, 0.1) is 43.2 Å². The molecule has 0 aliphatic heterocycles. The number of hydrogen-bond acceptors (Lipinski definition) is 9. The summed E-state index contributed by atoms with van der Waals surface area (Å²) in [6.45, 7) is 2.38. The van der Waals surface area contributed by atoms with Gasteiger partial charge in [0.1, 0.15) is 22.0 Å². The van der Waals surface area contributed by atoms with Crippen molar-refractivity contribution < 1.29 is 17.9 Å². The monoisotopic (exact) mass is 574 g/mol. The molecule has 0 radical (unpaired) electrons. The minimum Gasteiger partial charge on any atom is -0.493 e. The molecule has 2 heterocycles. The molecule has 2 aromatic heterocycles. The summed E-state index contributed by atoms with van der Waals surface area (Å²) < 4.78 is 36.4. The zero-order valence-corrected chi connectivity index (χ0v) is 24.3. The van der Waals surface area contributed by atoms with Crippen molar-refractivity contribution in [1.82, 2.24) is 24.6 Å². The van der Waals surface area contributed by atoms with E-state index in [1.807, 2.05) is 59.2 Å². The van der Waals surface area contributed by atoms with E-state index in [1.54, 1.807) is 7.11 Å². The molecular weight excluding hydrogens is 540 g/mol. The lowest BCUT2D eigenvalue weighted by atomic mass is 10.2. The third-order valence-electron chi connectivity index (χ3n) is 6.79. The number of aromatic nitrogens is 4. The Hall–Kier alpha value is -4.22. The Morgan fingerprint density at radius 3 is 2.61 bits per heavy atom. The van der Waals surface area contributed by atoms with Crippen LogP contribution in [0.2, 0.25) is 0 Å². The van der Waals surface area contributed by atoms with Gasteiger partial charge in [0.25, 0.3) is 0 Å². The van der Waals surface area contributed by atoms with Crippen molar-refractivity contribution >= 4 is 43.1 Å². The first-order valence-corrected chi connectivity index (χ1v) is 15.4. The summed E-state index contributed by atoms with van der Waals surface area (Å²) in [7, 11) is 0.530. The lowest BCUT2D eigenvalue weighted by molar-refractivity contribution is 0.259. The van der Waals surface area contributed by atoms with Crippen LogP contribution in [0.1, 0.15) is 12.0 Å². The number of ether oxygens (including phenoxy) is 2. The van der Waals surface area contributed by atoms with Gasteiger partial charge in [-0.2, -0.15) is 5.10 Å². The van der Waals surface area contributed by atoms with E-state index in [0.29, 0.717) is 37.0 Å². The molecular formula is C30H34N6O4S. The van der Waals surface area contributed by atoms with Crippen molar-refractivity contribution in [3.05, 3.63) is 78.8 Å². The average molecular weight is 575 g/mol. The molecule has 11 heteroatoms. The summed E-state index contributed by atoms with van der Waals surface area (Å²) in [4.78, 5) is 10.9. The van der Waals surface area contributed by atoms with E-state index in [0.717, 1.165) is 40.5 Å². The zero-order chi connectivity index (χ0) is 28.8. The molecule has 5 rings (SSSR count). The number of sulfone groups is 1. The first-order chi connectivity index (χ1) is 19.8. The van der Waals surface area contributed by atoms with E-state index in [1.165, 1.54) is 18.1 Å². The number of hydrogen-bond donors (Lipinski definition) is 1. The molecule has 0 fully saturated rings. The number of anilines is 2. The Morgan fingerprint density at radius 1 is 1.00 bits per heavy atom. The van der Waals surface area contributed by atoms with Crippen molar-refractivity contribution in [1.29, 1.82) is 0 Å². The predicted molar refractivity (Wildman–Crippen MR) is 162 cm³/mol. The summed E-state index contributed by atoms with van der Waals surface area (Å²) in [5, 5.41) is 9.84. The smallest absolute Gasteiger partial charge is 0.163 e. The average Bonchev–Trinajstić information content (AvgIpc) is 3.35. The van der Waals surface area contributed by atoms with Crippen LogP contribution in [-0.2, 0) is 16.4 Å². The molecule has 5 aromatic rings. The quantitative estimate of drug-likeness (QED) is 0.203. The second-order valence-electron chi connectivity index (χ2n) is 10.1. The van der Waals surface area contributed by atoms with Gasteiger partial charge in [-0.1, -0.05) is 30.3 Å². The number of benzene rings is 3. The molecule has 3 aromatic carbocycles. The van der Waals surface area contributed by atoms with Gasteiger partial charge < -0.3 is 19.7 Å². The van der Waals surface area contributed by atoms with Crippen molar-refractivity contribution in [2.45, 2.75) is 13.0 Å². The maximum absolute atomic E-state index is 11.4. The van der Waals surface area contributed by atoms with Crippen LogP contribution in [0.4, 0.5) is 11.5 Å². The van der Waals surface area contributed by atoms with Crippen LogP contribution in [0.5, 0.6) is 11.5 Å². The highest BCUT2D eigenvalue weighted by Crippen LogP contribution is 2.35. The number of methoxy groups -OCH3 is 1. The lowest BCUT2D eigenvalue weighted by Crippen LogP contribution is -2.27. The summed E-state index contributed by atoms with van der Waals surface area (Å²) >= 11 is 0. The highest BCUT2D eigenvalue weighted by Gasteiger charge is 2.13. The largest absolute Gasteiger partial charge is 0.493 e. The van der Waals surface area contributed by atoms with Crippen molar-refractivity contribution in [3.8, 4) is 11.5 Å². The first-order valence-electron chi connectivity index (χ1n) is 13.4. The fourth-order valence-electron chi connectivity index (χ4n) is 4.57. The second-order valence-corrected chi connectivity index (χ2v) is 12.3. The Balaban J connectivity index is 1.27. The van der Waals surface area contributed by atoms with Crippen molar-refractivity contribution in [2.24, 2.45) is 0 Å².